The molecule has 2 heterocycles. The highest BCUT2D eigenvalue weighted by atomic mass is 32.1. The number of thiophene rings is 1. The summed E-state index contributed by atoms with van der Waals surface area (Å²) in [4.78, 5) is 26.3. The molecule has 6 heteroatoms. The van der Waals surface area contributed by atoms with Gasteiger partial charge in [0.25, 0.3) is 0 Å². The number of aromatic nitrogens is 1. The number of nitrogens with zero attached hydrogens (tertiary/aromatic N) is 1. The van der Waals surface area contributed by atoms with Gasteiger partial charge >= 0.3 is 11.9 Å². The molecule has 0 aliphatic carbocycles. The second kappa shape index (κ2) is 4.34. The fourth-order valence-electron chi connectivity index (χ4n) is 1.38. The first-order valence-electron chi connectivity index (χ1n) is 4.60. The van der Waals surface area contributed by atoms with Gasteiger partial charge in [-0.2, -0.15) is 0 Å². The molecule has 0 radical (unpaired) electrons. The van der Waals surface area contributed by atoms with Crippen LogP contribution >= 0.6 is 11.3 Å². The van der Waals surface area contributed by atoms with Gasteiger partial charge in [0, 0.05) is 16.6 Å². The summed E-state index contributed by atoms with van der Waals surface area (Å²) in [6.45, 7) is 0. The van der Waals surface area contributed by atoms with Gasteiger partial charge in [-0.05, 0) is 17.5 Å². The summed E-state index contributed by atoms with van der Waals surface area (Å²) in [7, 11) is 0. The van der Waals surface area contributed by atoms with Crippen molar-refractivity contribution in [2.24, 2.45) is 0 Å². The maximum atomic E-state index is 10.9. The number of hydrogen-bond acceptors (Lipinski definition) is 4. The van der Waals surface area contributed by atoms with Crippen LogP contribution in [0.15, 0.2) is 29.8 Å². The first-order valence-corrected chi connectivity index (χ1v) is 5.48. The first kappa shape index (κ1) is 11.3. The molecule has 2 aromatic heterocycles. The zero-order valence-electron chi connectivity index (χ0n) is 8.45. The summed E-state index contributed by atoms with van der Waals surface area (Å²) in [5.41, 5.74) is -0.149. The Bertz CT molecular complexity index is 577. The Labute approximate surface area is 100.0 Å². The third kappa shape index (κ3) is 2.16. The highest BCUT2D eigenvalue weighted by molar-refractivity contribution is 7.13. The molecule has 0 saturated carbocycles. The molecule has 0 aliphatic heterocycles. The van der Waals surface area contributed by atoms with Crippen molar-refractivity contribution in [2.75, 3.05) is 0 Å². The van der Waals surface area contributed by atoms with Crippen molar-refractivity contribution in [3.63, 3.8) is 0 Å². The van der Waals surface area contributed by atoms with Crippen LogP contribution in [0.3, 0.4) is 0 Å². The van der Waals surface area contributed by atoms with Gasteiger partial charge in [-0.3, -0.25) is 0 Å². The second-order valence-electron chi connectivity index (χ2n) is 3.21. The molecule has 0 spiro atoms. The predicted molar refractivity (Wildman–Crippen MR) is 61.5 cm³/mol. The smallest absolute Gasteiger partial charge is 0.355 e. The largest absolute Gasteiger partial charge is 0.478 e. The van der Waals surface area contributed by atoms with E-state index < -0.39 is 17.6 Å². The molecule has 2 aromatic rings. The second-order valence-corrected chi connectivity index (χ2v) is 4.16. The van der Waals surface area contributed by atoms with E-state index in [9.17, 15) is 9.59 Å². The van der Waals surface area contributed by atoms with Crippen molar-refractivity contribution < 1.29 is 19.8 Å². The normalized spacial score (nSPS) is 10.1. The van der Waals surface area contributed by atoms with Crippen LogP contribution in [0.2, 0.25) is 0 Å². The van der Waals surface area contributed by atoms with Crippen molar-refractivity contribution >= 4 is 23.3 Å². The Morgan fingerprint density at radius 1 is 1.24 bits per heavy atom. The van der Waals surface area contributed by atoms with Gasteiger partial charge in [-0.15, -0.1) is 11.3 Å². The molecule has 0 aliphatic rings. The minimum Gasteiger partial charge on any atom is -0.478 e. The molecule has 0 amide bonds. The lowest BCUT2D eigenvalue weighted by Crippen LogP contribution is -2.10. The van der Waals surface area contributed by atoms with Crippen LogP contribution in [0.4, 0.5) is 0 Å². The van der Waals surface area contributed by atoms with Crippen LogP contribution in [0.25, 0.3) is 10.4 Å². The van der Waals surface area contributed by atoms with Crippen LogP contribution in [0.1, 0.15) is 20.8 Å². The van der Waals surface area contributed by atoms with Crippen LogP contribution in [-0.4, -0.2) is 27.1 Å². The van der Waals surface area contributed by atoms with Gasteiger partial charge < -0.3 is 10.2 Å². The average Bonchev–Trinajstić information content (AvgIpc) is 2.81. The fourth-order valence-corrected chi connectivity index (χ4v) is 2.08. The van der Waals surface area contributed by atoms with Gasteiger partial charge in [0.05, 0.1) is 5.56 Å². The Kier molecular flexibility index (Phi) is 2.88. The number of aromatic carboxylic acids is 2. The average molecular weight is 249 g/mol. The zero-order chi connectivity index (χ0) is 12.4. The standard InChI is InChI=1S/C11H7NO4S/c13-10(14)7-4-6(8-2-1-3-17-8)5-12-9(7)11(15)16/h1-5H,(H,13,14)(H,15,16). The van der Waals surface area contributed by atoms with Crippen molar-refractivity contribution in [1.29, 1.82) is 0 Å². The number of rotatable bonds is 3. The number of carboxylic acid groups (broad SMARTS) is 2. The van der Waals surface area contributed by atoms with Gasteiger partial charge in [-0.25, -0.2) is 14.6 Å². The van der Waals surface area contributed by atoms with Crippen LogP contribution < -0.4 is 0 Å². The van der Waals surface area contributed by atoms with Crippen LogP contribution in [0, 0.1) is 0 Å². The lowest BCUT2D eigenvalue weighted by molar-refractivity contribution is 0.0646. The van der Waals surface area contributed by atoms with Gasteiger partial charge in [-0.1, -0.05) is 6.07 Å². The minimum absolute atomic E-state index is 0.302. The summed E-state index contributed by atoms with van der Waals surface area (Å²) < 4.78 is 0. The van der Waals surface area contributed by atoms with E-state index in [0.29, 0.717) is 5.56 Å². The molecule has 2 N–H and O–H groups in total. The number of carboxylic acids is 2. The maximum absolute atomic E-state index is 10.9. The zero-order valence-corrected chi connectivity index (χ0v) is 9.27. The number of pyridine rings is 1. The molecular formula is C11H7NO4S. The summed E-state index contributed by atoms with van der Waals surface area (Å²) >= 11 is 1.43. The Morgan fingerprint density at radius 2 is 2.00 bits per heavy atom. The SMILES string of the molecule is O=C(O)c1cc(-c2cccs2)cnc1C(=O)O. The molecule has 5 nitrogen and oxygen atoms in total. The molecule has 17 heavy (non-hydrogen) atoms. The van der Waals surface area contributed by atoms with Crippen molar-refractivity contribution in [2.45, 2.75) is 0 Å². The Hall–Kier alpha value is -2.21. The lowest BCUT2D eigenvalue weighted by Gasteiger charge is -2.03. The third-order valence-corrected chi connectivity index (χ3v) is 3.05. The predicted octanol–water partition coefficient (Wildman–Crippen LogP) is 2.21. The Balaban J connectivity index is 2.57. The highest BCUT2D eigenvalue weighted by Gasteiger charge is 2.18. The van der Waals surface area contributed by atoms with E-state index in [0.717, 1.165) is 4.88 Å². The molecule has 86 valence electrons. The number of hydrogen-bond donors (Lipinski definition) is 2. The highest BCUT2D eigenvalue weighted by Crippen LogP contribution is 2.25. The first-order chi connectivity index (χ1) is 8.09. The Morgan fingerprint density at radius 3 is 2.53 bits per heavy atom. The lowest BCUT2D eigenvalue weighted by atomic mass is 10.1. The van der Waals surface area contributed by atoms with E-state index in [4.69, 9.17) is 10.2 Å². The monoisotopic (exact) mass is 249 g/mol. The van der Waals surface area contributed by atoms with E-state index in [2.05, 4.69) is 4.98 Å². The summed E-state index contributed by atoms with van der Waals surface area (Å²) in [5, 5.41) is 19.6. The molecule has 2 rings (SSSR count). The van der Waals surface area contributed by atoms with E-state index in [-0.39, 0.29) is 5.56 Å². The molecule has 0 aromatic carbocycles. The van der Waals surface area contributed by atoms with E-state index in [1.165, 1.54) is 23.6 Å². The summed E-state index contributed by atoms with van der Waals surface area (Å²) in [6.07, 6.45) is 1.36. The van der Waals surface area contributed by atoms with Crippen molar-refractivity contribution in [3.8, 4) is 10.4 Å². The van der Waals surface area contributed by atoms with E-state index >= 15 is 0 Å². The van der Waals surface area contributed by atoms with Crippen molar-refractivity contribution in [3.05, 3.63) is 41.0 Å². The molecule has 0 atom stereocenters. The van der Waals surface area contributed by atoms with E-state index in [1.807, 2.05) is 17.5 Å². The maximum Gasteiger partial charge on any atom is 0.355 e. The molecule has 0 bridgehead atoms. The van der Waals surface area contributed by atoms with Crippen LogP contribution in [-0.2, 0) is 0 Å². The molecule has 0 unspecified atom stereocenters. The van der Waals surface area contributed by atoms with E-state index in [1.54, 1.807) is 0 Å². The third-order valence-electron chi connectivity index (χ3n) is 2.13. The van der Waals surface area contributed by atoms with Gasteiger partial charge in [0.1, 0.15) is 0 Å². The van der Waals surface area contributed by atoms with Gasteiger partial charge in [0.15, 0.2) is 5.69 Å². The number of carbonyl (C=O) groups is 2. The van der Waals surface area contributed by atoms with Gasteiger partial charge in [0.2, 0.25) is 0 Å². The van der Waals surface area contributed by atoms with Crippen molar-refractivity contribution in [1.82, 2.24) is 4.98 Å². The topological polar surface area (TPSA) is 87.5 Å². The summed E-state index contributed by atoms with van der Waals surface area (Å²) in [5.74, 6) is -2.64. The fraction of sp³-hybridized carbons (Fsp3) is 0. The molecule has 0 saturated heterocycles. The molecular weight excluding hydrogens is 242 g/mol. The summed E-state index contributed by atoms with van der Waals surface area (Å²) in [6, 6.07) is 4.96. The van der Waals surface area contributed by atoms with Crippen LogP contribution in [0.5, 0.6) is 0 Å². The quantitative estimate of drug-likeness (QED) is 0.870. The molecule has 0 fully saturated rings. The minimum atomic E-state index is -1.35.